The van der Waals surface area contributed by atoms with Gasteiger partial charge in [-0.15, -0.1) is 0 Å². The smallest absolute Gasteiger partial charge is 0.309 e. The quantitative estimate of drug-likeness (QED) is 0.606. The van der Waals surface area contributed by atoms with Gasteiger partial charge < -0.3 is 4.74 Å². The Morgan fingerprint density at radius 1 is 1.08 bits per heavy atom. The average Bonchev–Trinajstić information content (AvgIpc) is 3.04. The highest BCUT2D eigenvalue weighted by molar-refractivity contribution is 5.74. The van der Waals surface area contributed by atoms with E-state index in [1.807, 2.05) is 0 Å². The van der Waals surface area contributed by atoms with E-state index in [9.17, 15) is 4.79 Å². The number of carbonyl (C=O) groups excluding carboxylic acids is 1. The van der Waals surface area contributed by atoms with Gasteiger partial charge in [0.1, 0.15) is 5.60 Å². The lowest BCUT2D eigenvalue weighted by molar-refractivity contribution is -0.170. The van der Waals surface area contributed by atoms with Gasteiger partial charge in [-0.1, -0.05) is 41.0 Å². The van der Waals surface area contributed by atoms with Gasteiger partial charge in [0.25, 0.3) is 0 Å². The zero-order valence-corrected chi connectivity index (χ0v) is 16.7. The zero-order chi connectivity index (χ0) is 17.7. The Balaban J connectivity index is 1.72. The maximum atomic E-state index is 13.0. The molecule has 2 heteroatoms. The maximum absolute atomic E-state index is 13.0. The molecule has 0 N–H and O–H groups in total. The van der Waals surface area contributed by atoms with Crippen LogP contribution in [0.2, 0.25) is 0 Å². The minimum Gasteiger partial charge on any atom is -0.459 e. The predicted octanol–water partition coefficient (Wildman–Crippen LogP) is 5.84. The molecule has 0 aromatic heterocycles. The van der Waals surface area contributed by atoms with Gasteiger partial charge in [0.2, 0.25) is 0 Å². The highest BCUT2D eigenvalue weighted by Crippen LogP contribution is 2.62. The first-order chi connectivity index (χ1) is 11.1. The molecule has 3 aliphatic carbocycles. The highest BCUT2D eigenvalue weighted by Gasteiger charge is 2.58. The third-order valence-corrected chi connectivity index (χ3v) is 7.40. The molecule has 2 nitrogen and oxygen atoms in total. The monoisotopic (exact) mass is 334 g/mol. The average molecular weight is 335 g/mol. The van der Waals surface area contributed by atoms with Gasteiger partial charge in [0, 0.05) is 0 Å². The summed E-state index contributed by atoms with van der Waals surface area (Å²) in [5.74, 6) is 3.67. The summed E-state index contributed by atoms with van der Waals surface area (Å²) >= 11 is 0. The van der Waals surface area contributed by atoms with Crippen LogP contribution in [0.5, 0.6) is 0 Å². The first kappa shape index (κ1) is 18.3. The summed E-state index contributed by atoms with van der Waals surface area (Å²) in [5, 5.41) is 0. The second kappa shape index (κ2) is 6.32. The number of fused-ring (bicyclic) bond motifs is 2. The van der Waals surface area contributed by atoms with E-state index < -0.39 is 0 Å². The third-order valence-electron chi connectivity index (χ3n) is 7.40. The third kappa shape index (κ3) is 3.27. The molecule has 0 aromatic carbocycles. The van der Waals surface area contributed by atoms with Crippen molar-refractivity contribution in [3.05, 3.63) is 0 Å². The van der Waals surface area contributed by atoms with Crippen molar-refractivity contribution < 1.29 is 9.53 Å². The zero-order valence-electron chi connectivity index (χ0n) is 16.7. The van der Waals surface area contributed by atoms with Crippen LogP contribution in [-0.4, -0.2) is 11.6 Å². The second-order valence-electron chi connectivity index (χ2n) is 10.6. The summed E-state index contributed by atoms with van der Waals surface area (Å²) in [7, 11) is 0. The Morgan fingerprint density at radius 2 is 1.71 bits per heavy atom. The van der Waals surface area contributed by atoms with Gasteiger partial charge in [0.15, 0.2) is 0 Å². The molecule has 0 spiro atoms. The summed E-state index contributed by atoms with van der Waals surface area (Å²) in [6.07, 6.45) is 8.15. The summed E-state index contributed by atoms with van der Waals surface area (Å²) in [4.78, 5) is 13.0. The Kier molecular flexibility index (Phi) is 4.81. The molecule has 0 radical (unpaired) electrons. The van der Waals surface area contributed by atoms with Crippen LogP contribution in [0.1, 0.15) is 86.5 Å². The lowest BCUT2D eigenvalue weighted by atomic mass is 9.61. The van der Waals surface area contributed by atoms with Crippen molar-refractivity contribution in [3.8, 4) is 0 Å². The fourth-order valence-corrected chi connectivity index (χ4v) is 6.60. The van der Waals surface area contributed by atoms with Crippen molar-refractivity contribution in [2.24, 2.45) is 40.9 Å². The van der Waals surface area contributed by atoms with Gasteiger partial charge in [-0.05, 0) is 80.5 Å². The van der Waals surface area contributed by atoms with Gasteiger partial charge in [0.05, 0.1) is 5.92 Å². The van der Waals surface area contributed by atoms with Gasteiger partial charge in [-0.3, -0.25) is 4.79 Å². The van der Waals surface area contributed by atoms with Crippen molar-refractivity contribution in [1.82, 2.24) is 0 Å². The van der Waals surface area contributed by atoms with E-state index in [1.54, 1.807) is 0 Å². The first-order valence-electron chi connectivity index (χ1n) is 10.4. The topological polar surface area (TPSA) is 26.3 Å². The van der Waals surface area contributed by atoms with E-state index in [4.69, 9.17) is 4.74 Å². The van der Waals surface area contributed by atoms with Crippen molar-refractivity contribution in [1.29, 1.82) is 0 Å². The van der Waals surface area contributed by atoms with Crippen LogP contribution in [0.15, 0.2) is 0 Å². The molecule has 3 saturated carbocycles. The molecule has 3 fully saturated rings. The van der Waals surface area contributed by atoms with Crippen molar-refractivity contribution in [2.45, 2.75) is 92.1 Å². The van der Waals surface area contributed by atoms with Gasteiger partial charge in [-0.25, -0.2) is 0 Å². The van der Waals surface area contributed by atoms with E-state index >= 15 is 0 Å². The molecule has 24 heavy (non-hydrogen) atoms. The Labute approximate surface area is 149 Å². The highest BCUT2D eigenvalue weighted by atomic mass is 16.6. The largest absolute Gasteiger partial charge is 0.459 e. The van der Waals surface area contributed by atoms with Crippen LogP contribution in [-0.2, 0) is 9.53 Å². The van der Waals surface area contributed by atoms with Crippen LogP contribution in [0, 0.1) is 40.9 Å². The molecule has 3 rings (SSSR count). The molecule has 0 aromatic rings. The SMILES string of the molecule is CC(C)C1C2CC(CC2C(=O)OC2(C)CCCCC2)C1C(C)(C)C. The lowest BCUT2D eigenvalue weighted by Crippen LogP contribution is -2.43. The number of ether oxygens (including phenoxy) is 1. The van der Waals surface area contributed by atoms with Crippen LogP contribution < -0.4 is 0 Å². The summed E-state index contributed by atoms with van der Waals surface area (Å²) in [5.41, 5.74) is 0.159. The van der Waals surface area contributed by atoms with Crippen molar-refractivity contribution in [2.75, 3.05) is 0 Å². The molecule has 0 aliphatic heterocycles. The van der Waals surface area contributed by atoms with E-state index in [0.717, 1.165) is 31.1 Å². The van der Waals surface area contributed by atoms with Gasteiger partial charge >= 0.3 is 5.97 Å². The molecular formula is C22H38O2. The first-order valence-corrected chi connectivity index (χ1v) is 10.4. The molecule has 0 saturated heterocycles. The van der Waals surface area contributed by atoms with E-state index in [-0.39, 0.29) is 17.5 Å². The summed E-state index contributed by atoms with van der Waals surface area (Å²) in [6, 6.07) is 0. The van der Waals surface area contributed by atoms with Crippen LogP contribution in [0.3, 0.4) is 0 Å². The molecule has 0 amide bonds. The van der Waals surface area contributed by atoms with Crippen LogP contribution in [0.4, 0.5) is 0 Å². The molecule has 5 unspecified atom stereocenters. The number of hydrogen-bond acceptors (Lipinski definition) is 2. The molecule has 2 bridgehead atoms. The van der Waals surface area contributed by atoms with Gasteiger partial charge in [-0.2, -0.15) is 0 Å². The number of carbonyl (C=O) groups is 1. The summed E-state index contributed by atoms with van der Waals surface area (Å²) in [6.45, 7) is 14.1. The normalized spacial score (nSPS) is 38.5. The van der Waals surface area contributed by atoms with Crippen molar-refractivity contribution >= 4 is 5.97 Å². The molecule has 5 atom stereocenters. The number of esters is 1. The molecule has 3 aliphatic rings. The molecular weight excluding hydrogens is 296 g/mol. The Bertz CT molecular complexity index is 467. The van der Waals surface area contributed by atoms with Crippen LogP contribution in [0.25, 0.3) is 0 Å². The maximum Gasteiger partial charge on any atom is 0.309 e. The van der Waals surface area contributed by atoms with E-state index in [0.29, 0.717) is 23.2 Å². The summed E-state index contributed by atoms with van der Waals surface area (Å²) < 4.78 is 6.13. The number of rotatable bonds is 3. The Morgan fingerprint density at radius 3 is 2.25 bits per heavy atom. The fourth-order valence-electron chi connectivity index (χ4n) is 6.60. The number of hydrogen-bond donors (Lipinski definition) is 0. The fraction of sp³-hybridized carbons (Fsp3) is 0.955. The minimum atomic E-state index is -0.187. The standard InChI is InChI=1S/C22H38O2/c1-14(2)18-16-12-15(19(18)21(3,4)5)13-17(16)20(23)24-22(6)10-8-7-9-11-22/h14-19H,7-13H2,1-6H3. The van der Waals surface area contributed by atoms with E-state index in [1.165, 1.54) is 25.7 Å². The molecule has 138 valence electrons. The second-order valence-corrected chi connectivity index (χ2v) is 10.6. The lowest BCUT2D eigenvalue weighted by Gasteiger charge is -2.45. The predicted molar refractivity (Wildman–Crippen MR) is 98.6 cm³/mol. The minimum absolute atomic E-state index is 0.130. The van der Waals surface area contributed by atoms with Crippen LogP contribution >= 0.6 is 0 Å². The Hall–Kier alpha value is -0.530. The molecule has 0 heterocycles. The van der Waals surface area contributed by atoms with E-state index in [2.05, 4.69) is 41.5 Å². The van der Waals surface area contributed by atoms with Crippen molar-refractivity contribution in [3.63, 3.8) is 0 Å².